The predicted molar refractivity (Wildman–Crippen MR) is 130 cm³/mol. The highest BCUT2D eigenvalue weighted by Gasteiger charge is 2.70. The molecule has 0 heterocycles. The van der Waals surface area contributed by atoms with Crippen LogP contribution in [0.2, 0.25) is 0 Å². The zero-order chi connectivity index (χ0) is 22.6. The molecule has 5 aliphatic carbocycles. The van der Waals surface area contributed by atoms with E-state index in [1.54, 1.807) is 0 Å². The van der Waals surface area contributed by atoms with Crippen LogP contribution >= 0.6 is 0 Å². The van der Waals surface area contributed by atoms with Crippen molar-refractivity contribution in [1.82, 2.24) is 0 Å². The molecule has 0 aromatic heterocycles. The third kappa shape index (κ3) is 2.65. The summed E-state index contributed by atoms with van der Waals surface area (Å²) in [6.07, 6.45) is 13.3. The van der Waals surface area contributed by atoms with Crippen LogP contribution in [-0.2, 0) is 4.79 Å². The minimum Gasteiger partial charge on any atom is -0.299 e. The largest absolute Gasteiger partial charge is 0.299 e. The van der Waals surface area contributed by atoms with Crippen LogP contribution in [0.25, 0.3) is 0 Å². The van der Waals surface area contributed by atoms with Crippen molar-refractivity contribution in [2.24, 2.45) is 62.6 Å². The van der Waals surface area contributed by atoms with Gasteiger partial charge >= 0.3 is 0 Å². The third-order valence-electron chi connectivity index (χ3n) is 13.5. The average molecular weight is 427 g/mol. The standard InChI is InChI=1S/C30H50O/c1-19(2)20-11-14-27(5)17-18-29(7)21(25(20)27)9-10-23-28(6)15-13-24(31)26(3,4)22(28)12-16-30(23,29)8/h19-23,25H,9-18H2,1-8H3/t20-,21+,22-,23+,25+,27+,28+,29+,30-/m0/s1. The minimum atomic E-state index is -0.120. The molecular weight excluding hydrogens is 376 g/mol. The lowest BCUT2D eigenvalue weighted by molar-refractivity contribution is -0.234. The number of ketones is 1. The van der Waals surface area contributed by atoms with Gasteiger partial charge in [0.05, 0.1) is 0 Å². The second-order valence-corrected chi connectivity index (χ2v) is 14.9. The molecule has 0 aromatic rings. The van der Waals surface area contributed by atoms with Gasteiger partial charge < -0.3 is 0 Å². The quantitative estimate of drug-likeness (QED) is 0.412. The maximum atomic E-state index is 12.9. The number of fused-ring (bicyclic) bond motifs is 7. The van der Waals surface area contributed by atoms with Gasteiger partial charge in [-0.1, -0.05) is 55.4 Å². The molecule has 5 aliphatic rings. The molecule has 0 saturated heterocycles. The summed E-state index contributed by atoms with van der Waals surface area (Å²) in [6.45, 7) is 20.3. The SMILES string of the molecule is CC(C)[C@@H]1CC[C@]2(C)CC[C@]3(C)[C@H](CC[C@@H]4[C@]5(C)CCC(=O)C(C)(C)[C@@H]5CC[C@@]43C)[C@@H]12. The van der Waals surface area contributed by atoms with E-state index >= 15 is 0 Å². The highest BCUT2D eigenvalue weighted by molar-refractivity contribution is 5.85. The van der Waals surface area contributed by atoms with E-state index in [-0.39, 0.29) is 5.41 Å². The summed E-state index contributed by atoms with van der Waals surface area (Å²) in [4.78, 5) is 12.9. The molecule has 9 atom stereocenters. The predicted octanol–water partition coefficient (Wildman–Crippen LogP) is 8.31. The van der Waals surface area contributed by atoms with Gasteiger partial charge in [-0.05, 0) is 115 Å². The second kappa shape index (κ2) is 6.63. The number of carbonyl (C=O) groups is 1. The Bertz CT molecular complexity index is 764. The summed E-state index contributed by atoms with van der Waals surface area (Å²) in [6, 6.07) is 0. The van der Waals surface area contributed by atoms with Gasteiger partial charge in [-0.15, -0.1) is 0 Å². The molecule has 0 radical (unpaired) electrons. The van der Waals surface area contributed by atoms with Crippen LogP contribution in [0.4, 0.5) is 0 Å². The molecule has 1 nitrogen and oxygen atoms in total. The highest BCUT2D eigenvalue weighted by Crippen LogP contribution is 2.77. The second-order valence-electron chi connectivity index (χ2n) is 14.9. The average Bonchev–Trinajstić information content (AvgIpc) is 3.04. The molecule has 5 fully saturated rings. The lowest BCUT2D eigenvalue weighted by Gasteiger charge is -2.72. The maximum absolute atomic E-state index is 12.9. The summed E-state index contributed by atoms with van der Waals surface area (Å²) < 4.78 is 0. The van der Waals surface area contributed by atoms with E-state index in [9.17, 15) is 4.79 Å². The van der Waals surface area contributed by atoms with Crippen LogP contribution in [0.1, 0.15) is 120 Å². The van der Waals surface area contributed by atoms with Gasteiger partial charge in [0.15, 0.2) is 0 Å². The van der Waals surface area contributed by atoms with Gasteiger partial charge in [0.1, 0.15) is 5.78 Å². The molecule has 31 heavy (non-hydrogen) atoms. The molecule has 1 heteroatoms. The van der Waals surface area contributed by atoms with E-state index in [0.29, 0.717) is 33.4 Å². The topological polar surface area (TPSA) is 17.1 Å². The number of hydrogen-bond donors (Lipinski definition) is 0. The Hall–Kier alpha value is -0.330. The van der Waals surface area contributed by atoms with E-state index in [2.05, 4.69) is 55.4 Å². The Labute approximate surface area is 192 Å². The molecular formula is C30H50O. The van der Waals surface area contributed by atoms with E-state index in [1.165, 1.54) is 51.4 Å². The van der Waals surface area contributed by atoms with Crippen molar-refractivity contribution in [3.63, 3.8) is 0 Å². The van der Waals surface area contributed by atoms with Crippen LogP contribution in [0.5, 0.6) is 0 Å². The van der Waals surface area contributed by atoms with E-state index in [0.717, 1.165) is 42.4 Å². The number of hydrogen-bond acceptors (Lipinski definition) is 1. The van der Waals surface area contributed by atoms with Crippen LogP contribution in [0.3, 0.4) is 0 Å². The van der Waals surface area contributed by atoms with Crippen LogP contribution in [0.15, 0.2) is 0 Å². The van der Waals surface area contributed by atoms with Crippen molar-refractivity contribution in [2.75, 3.05) is 0 Å². The van der Waals surface area contributed by atoms with Crippen LogP contribution in [0, 0.1) is 62.6 Å². The van der Waals surface area contributed by atoms with E-state index < -0.39 is 0 Å². The van der Waals surface area contributed by atoms with Gasteiger partial charge in [0.25, 0.3) is 0 Å². The van der Waals surface area contributed by atoms with E-state index in [4.69, 9.17) is 0 Å². The molecule has 176 valence electrons. The summed E-state index contributed by atoms with van der Waals surface area (Å²) in [5.74, 6) is 5.56. The van der Waals surface area contributed by atoms with Crippen LogP contribution in [-0.4, -0.2) is 5.78 Å². The zero-order valence-electron chi connectivity index (χ0n) is 21.9. The first-order valence-corrected chi connectivity index (χ1v) is 13.8. The number of Topliss-reactive ketones (excluding diaryl/α,β-unsaturated/α-hetero) is 1. The molecule has 0 N–H and O–H groups in total. The van der Waals surface area contributed by atoms with Crippen molar-refractivity contribution in [3.05, 3.63) is 0 Å². The van der Waals surface area contributed by atoms with Gasteiger partial charge in [0, 0.05) is 11.8 Å². The highest BCUT2D eigenvalue weighted by atomic mass is 16.1. The maximum Gasteiger partial charge on any atom is 0.138 e. The monoisotopic (exact) mass is 426 g/mol. The lowest BCUT2D eigenvalue weighted by Crippen LogP contribution is -2.66. The van der Waals surface area contributed by atoms with Gasteiger partial charge in [-0.25, -0.2) is 0 Å². The van der Waals surface area contributed by atoms with Crippen LogP contribution < -0.4 is 0 Å². The molecule has 0 aliphatic heterocycles. The van der Waals surface area contributed by atoms with Gasteiger partial charge in [-0.3, -0.25) is 4.79 Å². The zero-order valence-corrected chi connectivity index (χ0v) is 21.9. The number of carbonyl (C=O) groups excluding carboxylic acids is 1. The van der Waals surface area contributed by atoms with Crippen molar-refractivity contribution in [1.29, 1.82) is 0 Å². The van der Waals surface area contributed by atoms with Crippen molar-refractivity contribution in [2.45, 2.75) is 120 Å². The molecule has 0 unspecified atom stereocenters. The first-order valence-electron chi connectivity index (χ1n) is 13.8. The molecule has 0 bridgehead atoms. The molecule has 0 aromatic carbocycles. The fourth-order valence-electron chi connectivity index (χ4n) is 11.5. The van der Waals surface area contributed by atoms with E-state index in [1.807, 2.05) is 0 Å². The Kier molecular flexibility index (Phi) is 4.80. The van der Waals surface area contributed by atoms with Gasteiger partial charge in [-0.2, -0.15) is 0 Å². The first-order chi connectivity index (χ1) is 14.3. The summed E-state index contributed by atoms with van der Waals surface area (Å²) >= 11 is 0. The molecule has 0 spiro atoms. The van der Waals surface area contributed by atoms with Crippen molar-refractivity contribution < 1.29 is 4.79 Å². The Morgan fingerprint density at radius 3 is 2.13 bits per heavy atom. The lowest BCUT2D eigenvalue weighted by atomic mass is 9.32. The van der Waals surface area contributed by atoms with Crippen molar-refractivity contribution >= 4 is 5.78 Å². The molecule has 5 rings (SSSR count). The Balaban J connectivity index is 1.54. The fraction of sp³-hybridized carbons (Fsp3) is 0.967. The molecule has 5 saturated carbocycles. The minimum absolute atomic E-state index is 0.120. The summed E-state index contributed by atoms with van der Waals surface area (Å²) in [5, 5.41) is 0. The smallest absolute Gasteiger partial charge is 0.138 e. The third-order valence-corrected chi connectivity index (χ3v) is 13.5. The summed E-state index contributed by atoms with van der Waals surface area (Å²) in [5.41, 5.74) is 1.76. The Morgan fingerprint density at radius 2 is 1.45 bits per heavy atom. The normalized spacial score (nSPS) is 55.9. The fourth-order valence-corrected chi connectivity index (χ4v) is 11.5. The molecule has 0 amide bonds. The number of rotatable bonds is 1. The van der Waals surface area contributed by atoms with Crippen molar-refractivity contribution in [3.8, 4) is 0 Å². The van der Waals surface area contributed by atoms with Gasteiger partial charge in [0.2, 0.25) is 0 Å². The summed E-state index contributed by atoms with van der Waals surface area (Å²) in [7, 11) is 0. The Morgan fingerprint density at radius 1 is 0.742 bits per heavy atom. The first kappa shape index (κ1) is 22.5.